The molecule has 74 valence electrons. The van der Waals surface area contributed by atoms with Crippen molar-refractivity contribution < 1.29 is 4.74 Å². The Morgan fingerprint density at radius 3 is 3.00 bits per heavy atom. The van der Waals surface area contributed by atoms with Crippen LogP contribution in [0.2, 0.25) is 0 Å². The molecule has 0 amide bonds. The quantitative estimate of drug-likeness (QED) is 0.735. The van der Waals surface area contributed by atoms with Crippen LogP contribution in [0.5, 0.6) is 5.75 Å². The van der Waals surface area contributed by atoms with Crippen molar-refractivity contribution in [2.75, 3.05) is 0 Å². The molecule has 0 N–H and O–H groups in total. The minimum absolute atomic E-state index is 0.294. The number of thiophene rings is 1. The molecule has 0 saturated heterocycles. The van der Waals surface area contributed by atoms with Crippen LogP contribution in [0.15, 0.2) is 29.6 Å². The van der Waals surface area contributed by atoms with E-state index in [0.717, 1.165) is 12.2 Å². The van der Waals surface area contributed by atoms with E-state index in [1.807, 2.05) is 12.1 Å². The van der Waals surface area contributed by atoms with Crippen molar-refractivity contribution in [3.05, 3.63) is 29.6 Å². The average molecular weight is 206 g/mol. The second-order valence-corrected chi connectivity index (χ2v) is 4.35. The highest BCUT2D eigenvalue weighted by Gasteiger charge is 2.05. The molecule has 0 spiro atoms. The summed E-state index contributed by atoms with van der Waals surface area (Å²) in [5.74, 6) is 1.02. The maximum absolute atomic E-state index is 5.85. The zero-order valence-electron chi connectivity index (χ0n) is 8.49. The van der Waals surface area contributed by atoms with Gasteiger partial charge in [-0.15, -0.1) is 11.3 Å². The molecule has 1 aromatic heterocycles. The minimum Gasteiger partial charge on any atom is -0.489 e. The van der Waals surface area contributed by atoms with Crippen molar-refractivity contribution in [3.8, 4) is 5.75 Å². The van der Waals surface area contributed by atoms with Crippen molar-refractivity contribution in [2.24, 2.45) is 0 Å². The number of hydrogen-bond acceptors (Lipinski definition) is 2. The molecule has 0 fully saturated rings. The number of ether oxygens (including phenoxy) is 1. The van der Waals surface area contributed by atoms with Crippen LogP contribution in [0.25, 0.3) is 10.1 Å². The summed E-state index contributed by atoms with van der Waals surface area (Å²) >= 11 is 1.74. The molecule has 1 heterocycles. The normalized spacial score (nSPS) is 13.0. The van der Waals surface area contributed by atoms with Crippen LogP contribution in [0.3, 0.4) is 0 Å². The zero-order valence-corrected chi connectivity index (χ0v) is 9.30. The van der Waals surface area contributed by atoms with E-state index in [0.29, 0.717) is 6.10 Å². The molecule has 1 atom stereocenters. The lowest BCUT2D eigenvalue weighted by molar-refractivity contribution is 0.220. The van der Waals surface area contributed by atoms with E-state index in [1.165, 1.54) is 10.1 Å². The van der Waals surface area contributed by atoms with Crippen molar-refractivity contribution in [1.29, 1.82) is 0 Å². The number of fused-ring (bicyclic) bond motifs is 1. The molecule has 0 aliphatic carbocycles. The monoisotopic (exact) mass is 206 g/mol. The van der Waals surface area contributed by atoms with Gasteiger partial charge in [-0.2, -0.15) is 0 Å². The summed E-state index contributed by atoms with van der Waals surface area (Å²) in [7, 11) is 0. The predicted octanol–water partition coefficient (Wildman–Crippen LogP) is 4.08. The van der Waals surface area contributed by atoms with E-state index in [1.54, 1.807) is 11.3 Å². The van der Waals surface area contributed by atoms with Gasteiger partial charge < -0.3 is 4.74 Å². The van der Waals surface area contributed by atoms with Gasteiger partial charge in [0.15, 0.2) is 0 Å². The molecule has 1 aromatic carbocycles. The van der Waals surface area contributed by atoms with Gasteiger partial charge in [0.2, 0.25) is 0 Å². The first kappa shape index (κ1) is 9.53. The van der Waals surface area contributed by atoms with Gasteiger partial charge in [-0.25, -0.2) is 0 Å². The van der Waals surface area contributed by atoms with Crippen molar-refractivity contribution >= 4 is 21.4 Å². The van der Waals surface area contributed by atoms with Crippen molar-refractivity contribution in [2.45, 2.75) is 26.4 Å². The molecule has 1 nitrogen and oxygen atoms in total. The third-order valence-corrected chi connectivity index (χ3v) is 3.29. The lowest BCUT2D eigenvalue weighted by Crippen LogP contribution is -2.09. The molecule has 0 radical (unpaired) electrons. The molecular weight excluding hydrogens is 192 g/mol. The van der Waals surface area contributed by atoms with Crippen LogP contribution in [0, 0.1) is 0 Å². The Morgan fingerprint density at radius 2 is 2.21 bits per heavy atom. The standard InChI is InChI=1S/C12H14OS/c1-3-9(2)13-11-6-4-5-10-7-8-14-12(10)11/h4-9H,3H2,1-2H3. The molecule has 2 aromatic rings. The molecule has 0 bridgehead atoms. The maximum Gasteiger partial charge on any atom is 0.137 e. The van der Waals surface area contributed by atoms with E-state index < -0.39 is 0 Å². The van der Waals surface area contributed by atoms with Gasteiger partial charge in [0, 0.05) is 0 Å². The number of benzene rings is 1. The second-order valence-electron chi connectivity index (χ2n) is 3.43. The van der Waals surface area contributed by atoms with Gasteiger partial charge >= 0.3 is 0 Å². The highest BCUT2D eigenvalue weighted by Crippen LogP contribution is 2.31. The van der Waals surface area contributed by atoms with Gasteiger partial charge in [0.1, 0.15) is 5.75 Å². The number of hydrogen-bond donors (Lipinski definition) is 0. The Labute approximate surface area is 88.3 Å². The SMILES string of the molecule is CCC(C)Oc1cccc2ccsc12. The van der Waals surface area contributed by atoms with Gasteiger partial charge in [0.25, 0.3) is 0 Å². The minimum atomic E-state index is 0.294. The summed E-state index contributed by atoms with van der Waals surface area (Å²) in [5, 5.41) is 3.38. The summed E-state index contributed by atoms with van der Waals surface area (Å²) in [6.07, 6.45) is 1.34. The third-order valence-electron chi connectivity index (χ3n) is 2.35. The molecule has 14 heavy (non-hydrogen) atoms. The van der Waals surface area contributed by atoms with Crippen LogP contribution in [-0.2, 0) is 0 Å². The first-order valence-electron chi connectivity index (χ1n) is 4.94. The lowest BCUT2D eigenvalue weighted by atomic mass is 10.2. The van der Waals surface area contributed by atoms with Crippen LogP contribution in [-0.4, -0.2) is 6.10 Å². The van der Waals surface area contributed by atoms with Gasteiger partial charge in [-0.1, -0.05) is 19.1 Å². The van der Waals surface area contributed by atoms with E-state index in [2.05, 4.69) is 31.4 Å². The van der Waals surface area contributed by atoms with Gasteiger partial charge in [0.05, 0.1) is 10.8 Å². The summed E-state index contributed by atoms with van der Waals surface area (Å²) < 4.78 is 7.10. The van der Waals surface area contributed by atoms with Crippen LogP contribution < -0.4 is 4.74 Å². The molecule has 0 aliphatic heterocycles. The fourth-order valence-corrected chi connectivity index (χ4v) is 2.21. The average Bonchev–Trinajstić information content (AvgIpc) is 2.66. The second kappa shape index (κ2) is 4.01. The van der Waals surface area contributed by atoms with E-state index >= 15 is 0 Å². The van der Waals surface area contributed by atoms with E-state index in [9.17, 15) is 0 Å². The summed E-state index contributed by atoms with van der Waals surface area (Å²) in [4.78, 5) is 0. The molecule has 0 saturated carbocycles. The van der Waals surface area contributed by atoms with E-state index in [-0.39, 0.29) is 0 Å². The molecular formula is C12H14OS. The van der Waals surface area contributed by atoms with Gasteiger partial charge in [-0.05, 0) is 36.2 Å². The summed E-state index contributed by atoms with van der Waals surface area (Å²) in [5.41, 5.74) is 0. The Balaban J connectivity index is 2.36. The fraction of sp³-hybridized carbons (Fsp3) is 0.333. The lowest BCUT2D eigenvalue weighted by Gasteiger charge is -2.12. The topological polar surface area (TPSA) is 9.23 Å². The zero-order chi connectivity index (χ0) is 9.97. The maximum atomic E-state index is 5.85. The van der Waals surface area contributed by atoms with Crippen LogP contribution >= 0.6 is 11.3 Å². The van der Waals surface area contributed by atoms with Crippen LogP contribution in [0.1, 0.15) is 20.3 Å². The Bertz CT molecular complexity index is 419. The Kier molecular flexibility index (Phi) is 2.73. The van der Waals surface area contributed by atoms with Crippen molar-refractivity contribution in [1.82, 2.24) is 0 Å². The predicted molar refractivity (Wildman–Crippen MR) is 62.2 cm³/mol. The third kappa shape index (κ3) is 1.75. The fourth-order valence-electron chi connectivity index (χ4n) is 1.36. The smallest absolute Gasteiger partial charge is 0.137 e. The first-order chi connectivity index (χ1) is 6.81. The largest absolute Gasteiger partial charge is 0.489 e. The summed E-state index contributed by atoms with van der Waals surface area (Å²) in [6, 6.07) is 8.34. The number of rotatable bonds is 3. The first-order valence-corrected chi connectivity index (χ1v) is 5.82. The highest BCUT2D eigenvalue weighted by atomic mass is 32.1. The summed E-state index contributed by atoms with van der Waals surface area (Å²) in [6.45, 7) is 4.24. The molecule has 1 unspecified atom stereocenters. The van der Waals surface area contributed by atoms with Crippen molar-refractivity contribution in [3.63, 3.8) is 0 Å². The van der Waals surface area contributed by atoms with E-state index in [4.69, 9.17) is 4.74 Å². The molecule has 2 rings (SSSR count). The van der Waals surface area contributed by atoms with Gasteiger partial charge in [-0.3, -0.25) is 0 Å². The Hall–Kier alpha value is -1.02. The van der Waals surface area contributed by atoms with Crippen LogP contribution in [0.4, 0.5) is 0 Å². The molecule has 0 aliphatic rings. The highest BCUT2D eigenvalue weighted by molar-refractivity contribution is 7.17. The molecule has 2 heteroatoms. The Morgan fingerprint density at radius 1 is 1.36 bits per heavy atom.